The van der Waals surface area contributed by atoms with Gasteiger partial charge in [0.15, 0.2) is 5.84 Å². The highest BCUT2D eigenvalue weighted by Gasteiger charge is 2.19. The highest BCUT2D eigenvalue weighted by molar-refractivity contribution is 6.00. The molecule has 6 heteroatoms. The summed E-state index contributed by atoms with van der Waals surface area (Å²) in [6, 6.07) is 4.84. The Morgan fingerprint density at radius 2 is 2.25 bits per heavy atom. The number of carbonyl (C=O) groups excluding carboxylic acids is 1. The predicted octanol–water partition coefficient (Wildman–Crippen LogP) is 1.65. The first-order valence-corrected chi connectivity index (χ1v) is 6.46. The van der Waals surface area contributed by atoms with Crippen LogP contribution >= 0.6 is 0 Å². The Labute approximate surface area is 118 Å². The molecule has 0 fully saturated rings. The monoisotopic (exact) mass is 279 g/mol. The van der Waals surface area contributed by atoms with Crippen LogP contribution in [0.1, 0.15) is 35.7 Å². The number of nitrogens with one attached hydrogen (secondary N) is 1. The molecule has 0 bridgehead atoms. The summed E-state index contributed by atoms with van der Waals surface area (Å²) in [6.07, 6.45) is 1.39. The fraction of sp³-hybridized carbons (Fsp3) is 0.429. The van der Waals surface area contributed by atoms with Crippen LogP contribution in [0.5, 0.6) is 5.75 Å². The second-order valence-electron chi connectivity index (χ2n) is 4.54. The highest BCUT2D eigenvalue weighted by Crippen LogP contribution is 2.19. The van der Waals surface area contributed by atoms with Crippen LogP contribution in [0.15, 0.2) is 23.4 Å². The summed E-state index contributed by atoms with van der Waals surface area (Å²) in [5.74, 6) is 0.172. The molecule has 0 aliphatic carbocycles. The molecule has 1 amide bonds. The lowest BCUT2D eigenvalue weighted by molar-refractivity contribution is 0.0941. The lowest BCUT2D eigenvalue weighted by Crippen LogP contribution is -2.44. The molecular formula is C14H21N3O3. The molecule has 1 atom stereocenters. The Hall–Kier alpha value is -2.24. The number of methoxy groups -OCH3 is 1. The minimum atomic E-state index is -0.497. The predicted molar refractivity (Wildman–Crippen MR) is 77.3 cm³/mol. The maximum Gasteiger partial charge on any atom is 0.255 e. The average Bonchev–Trinajstić information content (AvgIpc) is 2.45. The van der Waals surface area contributed by atoms with Crippen molar-refractivity contribution in [2.45, 2.75) is 32.7 Å². The fourth-order valence-corrected chi connectivity index (χ4v) is 1.89. The third-order valence-electron chi connectivity index (χ3n) is 2.95. The number of hydrogen-bond acceptors (Lipinski definition) is 4. The third-order valence-corrected chi connectivity index (χ3v) is 2.95. The first-order valence-electron chi connectivity index (χ1n) is 6.46. The zero-order valence-corrected chi connectivity index (χ0v) is 12.0. The Morgan fingerprint density at radius 1 is 1.55 bits per heavy atom. The van der Waals surface area contributed by atoms with Crippen LogP contribution in [0.25, 0.3) is 0 Å². The molecule has 1 aromatic rings. The quantitative estimate of drug-likeness (QED) is 0.319. The molecule has 0 aliphatic rings. The van der Waals surface area contributed by atoms with E-state index in [1.165, 1.54) is 7.11 Å². The van der Waals surface area contributed by atoms with Gasteiger partial charge in [0.25, 0.3) is 5.91 Å². The summed E-state index contributed by atoms with van der Waals surface area (Å²) in [6.45, 7) is 3.85. The number of amidine groups is 1. The molecule has 0 radical (unpaired) electrons. The van der Waals surface area contributed by atoms with E-state index in [1.54, 1.807) is 12.1 Å². The van der Waals surface area contributed by atoms with E-state index in [9.17, 15) is 4.79 Å². The van der Waals surface area contributed by atoms with Crippen molar-refractivity contribution >= 4 is 11.7 Å². The topological polar surface area (TPSA) is 96.9 Å². The molecule has 110 valence electrons. The van der Waals surface area contributed by atoms with Gasteiger partial charge in [-0.25, -0.2) is 0 Å². The van der Waals surface area contributed by atoms with Gasteiger partial charge in [-0.1, -0.05) is 30.1 Å². The Morgan fingerprint density at radius 3 is 2.80 bits per heavy atom. The van der Waals surface area contributed by atoms with Gasteiger partial charge in [-0.05, 0) is 25.5 Å². The molecule has 0 aliphatic heterocycles. The number of nitrogens with two attached hydrogens (primary N) is 1. The zero-order valence-electron chi connectivity index (χ0n) is 12.0. The van der Waals surface area contributed by atoms with Crippen LogP contribution in [0.4, 0.5) is 0 Å². The minimum Gasteiger partial charge on any atom is -0.496 e. The summed E-state index contributed by atoms with van der Waals surface area (Å²) >= 11 is 0. The van der Waals surface area contributed by atoms with Crippen molar-refractivity contribution in [1.82, 2.24) is 5.32 Å². The van der Waals surface area contributed by atoms with Crippen LogP contribution in [0, 0.1) is 6.92 Å². The van der Waals surface area contributed by atoms with Crippen LogP contribution in [0.3, 0.4) is 0 Å². The molecule has 0 saturated carbocycles. The van der Waals surface area contributed by atoms with Gasteiger partial charge in [-0.15, -0.1) is 0 Å². The number of amides is 1. The van der Waals surface area contributed by atoms with E-state index in [-0.39, 0.29) is 11.7 Å². The Balaban J connectivity index is 2.97. The summed E-state index contributed by atoms with van der Waals surface area (Å²) in [4.78, 5) is 12.3. The number of oxime groups is 1. The van der Waals surface area contributed by atoms with E-state index >= 15 is 0 Å². The van der Waals surface area contributed by atoms with E-state index in [0.29, 0.717) is 17.7 Å². The van der Waals surface area contributed by atoms with Gasteiger partial charge in [0.1, 0.15) is 5.75 Å². The lowest BCUT2D eigenvalue weighted by Gasteiger charge is -2.17. The molecule has 0 saturated heterocycles. The fourth-order valence-electron chi connectivity index (χ4n) is 1.89. The molecular weight excluding hydrogens is 258 g/mol. The van der Waals surface area contributed by atoms with Crippen molar-refractivity contribution < 1.29 is 14.7 Å². The number of aryl methyl sites for hydroxylation is 1. The van der Waals surface area contributed by atoms with Crippen molar-refractivity contribution in [3.8, 4) is 5.75 Å². The van der Waals surface area contributed by atoms with Crippen LogP contribution in [0.2, 0.25) is 0 Å². The van der Waals surface area contributed by atoms with Crippen LogP contribution in [-0.2, 0) is 0 Å². The van der Waals surface area contributed by atoms with Gasteiger partial charge in [0, 0.05) is 0 Å². The van der Waals surface area contributed by atoms with Crippen molar-refractivity contribution in [2.75, 3.05) is 7.11 Å². The standard InChI is InChI=1S/C14H21N3O3/c1-4-5-11(13(15)17-19)16-14(18)10-8-9(2)6-7-12(10)20-3/h6-8,11,19H,4-5H2,1-3H3,(H2,15,17)(H,16,18). The molecule has 0 heterocycles. The maximum absolute atomic E-state index is 12.3. The molecule has 6 nitrogen and oxygen atoms in total. The highest BCUT2D eigenvalue weighted by atomic mass is 16.5. The molecule has 4 N–H and O–H groups in total. The minimum absolute atomic E-state index is 0.00757. The molecule has 0 spiro atoms. The molecule has 0 aromatic heterocycles. The number of benzene rings is 1. The summed E-state index contributed by atoms with van der Waals surface area (Å²) in [5, 5.41) is 14.5. The first-order chi connectivity index (χ1) is 9.53. The van der Waals surface area contributed by atoms with E-state index < -0.39 is 6.04 Å². The second kappa shape index (κ2) is 7.37. The maximum atomic E-state index is 12.3. The normalized spacial score (nSPS) is 12.8. The van der Waals surface area contributed by atoms with E-state index in [4.69, 9.17) is 15.7 Å². The van der Waals surface area contributed by atoms with Crippen LogP contribution < -0.4 is 15.8 Å². The number of ether oxygens (including phenoxy) is 1. The third kappa shape index (κ3) is 3.88. The SMILES string of the molecule is CCCC(NC(=O)c1cc(C)ccc1OC)C(N)=NO. The molecule has 20 heavy (non-hydrogen) atoms. The van der Waals surface area contributed by atoms with Gasteiger partial charge < -0.3 is 21.0 Å². The smallest absolute Gasteiger partial charge is 0.255 e. The van der Waals surface area contributed by atoms with Gasteiger partial charge in [0.2, 0.25) is 0 Å². The van der Waals surface area contributed by atoms with E-state index in [1.807, 2.05) is 19.9 Å². The molecule has 1 aromatic carbocycles. The molecule has 1 unspecified atom stereocenters. The summed E-state index contributed by atoms with van der Waals surface area (Å²) in [5.41, 5.74) is 6.96. The van der Waals surface area contributed by atoms with Gasteiger partial charge in [-0.3, -0.25) is 4.79 Å². The number of carbonyl (C=O) groups is 1. The van der Waals surface area contributed by atoms with Gasteiger partial charge in [0.05, 0.1) is 18.7 Å². The van der Waals surface area contributed by atoms with Crippen molar-refractivity contribution in [3.63, 3.8) is 0 Å². The Kier molecular flexibility index (Phi) is 5.83. The number of hydrogen-bond donors (Lipinski definition) is 3. The summed E-state index contributed by atoms with van der Waals surface area (Å²) < 4.78 is 5.18. The van der Waals surface area contributed by atoms with Crippen LogP contribution in [-0.4, -0.2) is 30.1 Å². The van der Waals surface area contributed by atoms with Crippen molar-refractivity contribution in [2.24, 2.45) is 10.9 Å². The largest absolute Gasteiger partial charge is 0.496 e. The number of rotatable bonds is 6. The summed E-state index contributed by atoms with van der Waals surface area (Å²) in [7, 11) is 1.51. The van der Waals surface area contributed by atoms with Crippen molar-refractivity contribution in [1.29, 1.82) is 0 Å². The van der Waals surface area contributed by atoms with Gasteiger partial charge >= 0.3 is 0 Å². The lowest BCUT2D eigenvalue weighted by atomic mass is 10.1. The second-order valence-corrected chi connectivity index (χ2v) is 4.54. The average molecular weight is 279 g/mol. The van der Waals surface area contributed by atoms with E-state index in [0.717, 1.165) is 12.0 Å². The molecule has 1 rings (SSSR count). The van der Waals surface area contributed by atoms with Gasteiger partial charge in [-0.2, -0.15) is 0 Å². The Bertz CT molecular complexity index is 500. The van der Waals surface area contributed by atoms with Crippen molar-refractivity contribution in [3.05, 3.63) is 29.3 Å². The first kappa shape index (κ1) is 15.8. The number of nitrogens with zero attached hydrogens (tertiary/aromatic N) is 1. The zero-order chi connectivity index (χ0) is 15.1. The van der Waals surface area contributed by atoms with E-state index in [2.05, 4.69) is 10.5 Å².